The molecule has 0 saturated heterocycles. The molecule has 24 heavy (non-hydrogen) atoms. The number of nitrogens with zero attached hydrogens (tertiary/aromatic N) is 2. The fraction of sp³-hybridized carbons (Fsp3) is 0.118. The number of rotatable bonds is 4. The number of amides is 1. The third kappa shape index (κ3) is 3.09. The molecule has 0 aliphatic carbocycles. The van der Waals surface area contributed by atoms with Crippen LogP contribution in [0.2, 0.25) is 5.02 Å². The fourth-order valence-corrected chi connectivity index (χ4v) is 2.49. The predicted molar refractivity (Wildman–Crippen MR) is 92.0 cm³/mol. The SMILES string of the molecule is COc1cc(NC(=O)c2ccc3nccnc3c2)c(OC)cc1Cl. The largest absolute Gasteiger partial charge is 0.495 e. The summed E-state index contributed by atoms with van der Waals surface area (Å²) in [6, 6.07) is 8.31. The van der Waals surface area contributed by atoms with Crippen LogP contribution in [-0.2, 0) is 0 Å². The monoisotopic (exact) mass is 343 g/mol. The van der Waals surface area contributed by atoms with Gasteiger partial charge in [0, 0.05) is 30.1 Å². The number of fused-ring (bicyclic) bond motifs is 1. The Hall–Kier alpha value is -2.86. The summed E-state index contributed by atoms with van der Waals surface area (Å²) in [5.74, 6) is 0.581. The van der Waals surface area contributed by atoms with Gasteiger partial charge in [0.25, 0.3) is 5.91 Å². The molecule has 0 bridgehead atoms. The van der Waals surface area contributed by atoms with Crippen LogP contribution in [0.3, 0.4) is 0 Å². The van der Waals surface area contributed by atoms with E-state index in [-0.39, 0.29) is 5.91 Å². The Kier molecular flexibility index (Phi) is 4.48. The number of anilines is 1. The van der Waals surface area contributed by atoms with E-state index in [4.69, 9.17) is 21.1 Å². The molecule has 0 spiro atoms. The molecule has 7 heteroatoms. The molecule has 0 radical (unpaired) electrons. The van der Waals surface area contributed by atoms with Crippen LogP contribution in [0, 0.1) is 0 Å². The number of aromatic nitrogens is 2. The molecule has 0 saturated carbocycles. The van der Waals surface area contributed by atoms with Crippen LogP contribution in [0.15, 0.2) is 42.7 Å². The van der Waals surface area contributed by atoms with Crippen molar-refractivity contribution >= 4 is 34.2 Å². The van der Waals surface area contributed by atoms with Gasteiger partial charge in [-0.05, 0) is 18.2 Å². The first kappa shape index (κ1) is 16.0. The van der Waals surface area contributed by atoms with Crippen molar-refractivity contribution in [2.45, 2.75) is 0 Å². The van der Waals surface area contributed by atoms with E-state index in [1.807, 2.05) is 0 Å². The summed E-state index contributed by atoms with van der Waals surface area (Å²) >= 11 is 6.07. The van der Waals surface area contributed by atoms with Gasteiger partial charge in [0.05, 0.1) is 36.0 Å². The van der Waals surface area contributed by atoms with Crippen LogP contribution in [0.4, 0.5) is 5.69 Å². The van der Waals surface area contributed by atoms with Crippen molar-refractivity contribution in [3.8, 4) is 11.5 Å². The maximum absolute atomic E-state index is 12.5. The van der Waals surface area contributed by atoms with Crippen molar-refractivity contribution in [2.24, 2.45) is 0 Å². The number of halogens is 1. The lowest BCUT2D eigenvalue weighted by atomic mass is 10.1. The highest BCUT2D eigenvalue weighted by Gasteiger charge is 2.14. The number of carbonyl (C=O) groups excluding carboxylic acids is 1. The van der Waals surface area contributed by atoms with E-state index < -0.39 is 0 Å². The van der Waals surface area contributed by atoms with Gasteiger partial charge in [0.2, 0.25) is 0 Å². The average Bonchev–Trinajstić information content (AvgIpc) is 2.62. The van der Waals surface area contributed by atoms with E-state index in [2.05, 4.69) is 15.3 Å². The molecule has 1 aromatic heterocycles. The summed E-state index contributed by atoms with van der Waals surface area (Å²) in [4.78, 5) is 20.9. The summed E-state index contributed by atoms with van der Waals surface area (Å²) in [5, 5.41) is 3.19. The van der Waals surface area contributed by atoms with Gasteiger partial charge >= 0.3 is 0 Å². The summed E-state index contributed by atoms with van der Waals surface area (Å²) in [7, 11) is 3.00. The normalized spacial score (nSPS) is 10.5. The van der Waals surface area contributed by atoms with Crippen LogP contribution in [0.1, 0.15) is 10.4 Å². The molecule has 0 unspecified atom stereocenters. The molecule has 1 heterocycles. The Balaban J connectivity index is 1.93. The van der Waals surface area contributed by atoms with Crippen LogP contribution in [-0.4, -0.2) is 30.1 Å². The third-order valence-electron chi connectivity index (χ3n) is 3.45. The highest BCUT2D eigenvalue weighted by molar-refractivity contribution is 6.32. The first-order valence-corrected chi connectivity index (χ1v) is 7.44. The van der Waals surface area contributed by atoms with Crippen molar-refractivity contribution in [3.05, 3.63) is 53.3 Å². The molecule has 1 amide bonds. The summed E-state index contributed by atoms with van der Waals surface area (Å²) in [6.07, 6.45) is 3.18. The molecule has 1 N–H and O–H groups in total. The zero-order chi connectivity index (χ0) is 17.1. The van der Waals surface area contributed by atoms with Crippen LogP contribution >= 0.6 is 11.6 Å². The number of methoxy groups -OCH3 is 2. The van der Waals surface area contributed by atoms with Crippen molar-refractivity contribution in [2.75, 3.05) is 19.5 Å². The Bertz CT molecular complexity index is 915. The molecular formula is C17H14ClN3O3. The number of hydrogen-bond acceptors (Lipinski definition) is 5. The molecule has 2 aromatic carbocycles. The second-order valence-corrected chi connectivity index (χ2v) is 5.31. The number of nitrogens with one attached hydrogen (secondary N) is 1. The van der Waals surface area contributed by atoms with Gasteiger partial charge < -0.3 is 14.8 Å². The molecule has 6 nitrogen and oxygen atoms in total. The minimum absolute atomic E-state index is 0.301. The Labute approximate surface area is 143 Å². The van der Waals surface area contributed by atoms with Gasteiger partial charge in [-0.1, -0.05) is 11.6 Å². The van der Waals surface area contributed by atoms with Gasteiger partial charge in [-0.15, -0.1) is 0 Å². The summed E-state index contributed by atoms with van der Waals surface area (Å²) in [5.41, 5.74) is 2.28. The van der Waals surface area contributed by atoms with Gasteiger partial charge in [-0.25, -0.2) is 0 Å². The Morgan fingerprint density at radius 1 is 1.00 bits per heavy atom. The van der Waals surface area contributed by atoms with Gasteiger partial charge in [0.15, 0.2) is 0 Å². The predicted octanol–water partition coefficient (Wildman–Crippen LogP) is 3.55. The molecule has 0 aliphatic rings. The van der Waals surface area contributed by atoms with E-state index in [0.717, 1.165) is 5.52 Å². The highest BCUT2D eigenvalue weighted by Crippen LogP contribution is 2.36. The molecule has 0 fully saturated rings. The Morgan fingerprint density at radius 3 is 2.42 bits per heavy atom. The van der Waals surface area contributed by atoms with E-state index in [1.165, 1.54) is 14.2 Å². The van der Waals surface area contributed by atoms with Crippen molar-refractivity contribution in [1.82, 2.24) is 9.97 Å². The topological polar surface area (TPSA) is 73.3 Å². The zero-order valence-electron chi connectivity index (χ0n) is 13.0. The highest BCUT2D eigenvalue weighted by atomic mass is 35.5. The molecule has 122 valence electrons. The molecule has 0 atom stereocenters. The van der Waals surface area contributed by atoms with Crippen molar-refractivity contribution in [1.29, 1.82) is 0 Å². The Morgan fingerprint density at radius 2 is 1.71 bits per heavy atom. The second-order valence-electron chi connectivity index (χ2n) is 4.90. The first-order valence-electron chi connectivity index (χ1n) is 7.06. The van der Waals surface area contributed by atoms with Gasteiger partial charge in [-0.3, -0.25) is 14.8 Å². The molecule has 0 aliphatic heterocycles. The van der Waals surface area contributed by atoms with Crippen LogP contribution < -0.4 is 14.8 Å². The summed E-state index contributed by atoms with van der Waals surface area (Å²) in [6.45, 7) is 0. The van der Waals surface area contributed by atoms with Crippen molar-refractivity contribution < 1.29 is 14.3 Å². The van der Waals surface area contributed by atoms with E-state index in [0.29, 0.717) is 33.3 Å². The maximum atomic E-state index is 12.5. The van der Waals surface area contributed by atoms with Crippen LogP contribution in [0.25, 0.3) is 11.0 Å². The summed E-state index contributed by atoms with van der Waals surface area (Å²) < 4.78 is 10.4. The zero-order valence-corrected chi connectivity index (χ0v) is 13.8. The average molecular weight is 344 g/mol. The maximum Gasteiger partial charge on any atom is 0.255 e. The lowest BCUT2D eigenvalue weighted by molar-refractivity contribution is 0.102. The molecular weight excluding hydrogens is 330 g/mol. The first-order chi connectivity index (χ1) is 11.6. The standard InChI is InChI=1S/C17H14ClN3O3/c1-23-15-9-14(16(24-2)8-11(15)18)21-17(22)10-3-4-12-13(7-10)20-6-5-19-12/h3-9H,1-2H3,(H,21,22). The van der Waals surface area contributed by atoms with Gasteiger partial charge in [-0.2, -0.15) is 0 Å². The number of hydrogen-bond donors (Lipinski definition) is 1. The smallest absolute Gasteiger partial charge is 0.255 e. The van der Waals surface area contributed by atoms with E-state index >= 15 is 0 Å². The van der Waals surface area contributed by atoms with Crippen LogP contribution in [0.5, 0.6) is 11.5 Å². The molecule has 3 rings (SSSR count). The van der Waals surface area contributed by atoms with E-state index in [1.54, 1.807) is 42.7 Å². The quantitative estimate of drug-likeness (QED) is 0.784. The minimum atomic E-state index is -0.301. The van der Waals surface area contributed by atoms with Gasteiger partial charge in [0.1, 0.15) is 11.5 Å². The number of ether oxygens (including phenoxy) is 2. The second kappa shape index (κ2) is 6.72. The lowest BCUT2D eigenvalue weighted by Crippen LogP contribution is -2.13. The van der Waals surface area contributed by atoms with E-state index in [9.17, 15) is 4.79 Å². The fourth-order valence-electron chi connectivity index (χ4n) is 2.26. The van der Waals surface area contributed by atoms with Crippen molar-refractivity contribution in [3.63, 3.8) is 0 Å². The number of carbonyl (C=O) groups is 1. The molecule has 3 aromatic rings. The lowest BCUT2D eigenvalue weighted by Gasteiger charge is -2.13. The third-order valence-corrected chi connectivity index (χ3v) is 3.75. The number of benzene rings is 2. The minimum Gasteiger partial charge on any atom is -0.495 e.